The van der Waals surface area contributed by atoms with Crippen molar-refractivity contribution in [2.45, 2.75) is 25.7 Å². The van der Waals surface area contributed by atoms with Crippen LogP contribution in [-0.2, 0) is 10.2 Å². The molecule has 0 radical (unpaired) electrons. The molecule has 0 saturated heterocycles. The summed E-state index contributed by atoms with van der Waals surface area (Å²) in [5.41, 5.74) is -0.743. The van der Waals surface area contributed by atoms with E-state index in [0.717, 1.165) is 15.8 Å². The Morgan fingerprint density at radius 2 is 2.21 bits per heavy atom. The van der Waals surface area contributed by atoms with Crippen LogP contribution >= 0.6 is 27.3 Å². The highest BCUT2D eigenvalue weighted by atomic mass is 79.9. The van der Waals surface area contributed by atoms with E-state index in [9.17, 15) is 9.90 Å². The molecule has 0 spiro atoms. The number of rotatable bonds is 2. The lowest BCUT2D eigenvalue weighted by molar-refractivity contribution is -0.140. The third-order valence-electron chi connectivity index (χ3n) is 3.09. The second-order valence-electron chi connectivity index (χ2n) is 4.40. The minimum Gasteiger partial charge on any atom is -0.481 e. The molecule has 1 aliphatic carbocycles. The first-order valence-electron chi connectivity index (χ1n) is 4.38. The van der Waals surface area contributed by atoms with Crippen LogP contribution in [0.1, 0.15) is 25.1 Å². The summed E-state index contributed by atoms with van der Waals surface area (Å²) in [6, 6.07) is 1.92. The predicted octanol–water partition coefficient (Wildman–Crippen LogP) is 3.26. The average molecular weight is 275 g/mol. The normalized spacial score (nSPS) is 28.8. The number of halogens is 1. The maximum atomic E-state index is 11.3. The molecule has 2 nitrogen and oxygen atoms in total. The highest BCUT2D eigenvalue weighted by Crippen LogP contribution is 2.65. The SMILES string of the molecule is CC1(C)CC1(C(=O)O)c1cc(Br)cs1. The molecule has 1 unspecified atom stereocenters. The zero-order valence-electron chi connectivity index (χ0n) is 8.00. The maximum absolute atomic E-state index is 11.3. The Hall–Kier alpha value is -0.350. The van der Waals surface area contributed by atoms with Gasteiger partial charge in [0, 0.05) is 14.7 Å². The second-order valence-corrected chi connectivity index (χ2v) is 6.23. The summed E-state index contributed by atoms with van der Waals surface area (Å²) in [6.07, 6.45) is 0.738. The fourth-order valence-corrected chi connectivity index (χ4v) is 3.85. The van der Waals surface area contributed by atoms with Gasteiger partial charge in [0.15, 0.2) is 0 Å². The molecule has 1 fully saturated rings. The van der Waals surface area contributed by atoms with Crippen molar-refractivity contribution >= 4 is 33.2 Å². The van der Waals surface area contributed by atoms with Crippen LogP contribution in [0.5, 0.6) is 0 Å². The molecule has 1 aromatic rings. The van der Waals surface area contributed by atoms with Gasteiger partial charge in [0.1, 0.15) is 5.41 Å². The molecule has 1 aliphatic rings. The zero-order valence-corrected chi connectivity index (χ0v) is 10.4. The Labute approximate surface area is 95.1 Å². The number of carbonyl (C=O) groups is 1. The molecule has 1 heterocycles. The molecule has 1 N–H and O–H groups in total. The van der Waals surface area contributed by atoms with E-state index in [1.165, 1.54) is 11.3 Å². The van der Waals surface area contributed by atoms with Gasteiger partial charge in [-0.25, -0.2) is 0 Å². The first-order valence-corrected chi connectivity index (χ1v) is 6.05. The quantitative estimate of drug-likeness (QED) is 0.899. The summed E-state index contributed by atoms with van der Waals surface area (Å²) in [5.74, 6) is -0.697. The number of aliphatic carboxylic acids is 1. The van der Waals surface area contributed by atoms with Gasteiger partial charge in [0.25, 0.3) is 0 Å². The summed E-state index contributed by atoms with van der Waals surface area (Å²) in [7, 11) is 0. The number of carboxylic acids is 1. The lowest BCUT2D eigenvalue weighted by Gasteiger charge is -2.13. The highest BCUT2D eigenvalue weighted by Gasteiger charge is 2.68. The van der Waals surface area contributed by atoms with Gasteiger partial charge in [-0.2, -0.15) is 0 Å². The molecule has 0 aromatic carbocycles. The smallest absolute Gasteiger partial charge is 0.315 e. The molecule has 1 saturated carbocycles. The number of hydrogen-bond acceptors (Lipinski definition) is 2. The first kappa shape index (κ1) is 10.2. The van der Waals surface area contributed by atoms with Gasteiger partial charge < -0.3 is 5.11 Å². The third kappa shape index (κ3) is 1.17. The van der Waals surface area contributed by atoms with Crippen LogP contribution in [0.25, 0.3) is 0 Å². The van der Waals surface area contributed by atoms with Gasteiger partial charge in [0.05, 0.1) is 0 Å². The summed E-state index contributed by atoms with van der Waals surface area (Å²) in [6.45, 7) is 4.02. The first-order chi connectivity index (χ1) is 6.40. The summed E-state index contributed by atoms with van der Waals surface area (Å²) < 4.78 is 0.973. The van der Waals surface area contributed by atoms with Crippen molar-refractivity contribution in [1.29, 1.82) is 0 Å². The number of hydrogen-bond donors (Lipinski definition) is 1. The lowest BCUT2D eigenvalue weighted by Crippen LogP contribution is -2.24. The van der Waals surface area contributed by atoms with Crippen LogP contribution in [0, 0.1) is 5.41 Å². The van der Waals surface area contributed by atoms with Crippen molar-refractivity contribution in [2.75, 3.05) is 0 Å². The monoisotopic (exact) mass is 274 g/mol. The van der Waals surface area contributed by atoms with Crippen molar-refractivity contribution in [1.82, 2.24) is 0 Å². The Balaban J connectivity index is 2.46. The Kier molecular flexibility index (Phi) is 2.05. The van der Waals surface area contributed by atoms with Crippen LogP contribution in [0.15, 0.2) is 15.9 Å². The van der Waals surface area contributed by atoms with Crippen LogP contribution in [0.4, 0.5) is 0 Å². The predicted molar refractivity (Wildman–Crippen MR) is 59.7 cm³/mol. The Bertz CT molecular complexity index is 397. The van der Waals surface area contributed by atoms with E-state index in [4.69, 9.17) is 0 Å². The fraction of sp³-hybridized carbons (Fsp3) is 0.500. The van der Waals surface area contributed by atoms with Crippen LogP contribution in [-0.4, -0.2) is 11.1 Å². The van der Waals surface area contributed by atoms with Gasteiger partial charge in [0.2, 0.25) is 0 Å². The largest absolute Gasteiger partial charge is 0.481 e. The zero-order chi connectivity index (χ0) is 10.6. The summed E-state index contributed by atoms with van der Waals surface area (Å²) >= 11 is 4.88. The Morgan fingerprint density at radius 3 is 2.50 bits per heavy atom. The summed E-state index contributed by atoms with van der Waals surface area (Å²) in [4.78, 5) is 12.3. The van der Waals surface area contributed by atoms with E-state index in [0.29, 0.717) is 0 Å². The third-order valence-corrected chi connectivity index (χ3v) is 4.94. The molecule has 0 amide bonds. The van der Waals surface area contributed by atoms with E-state index in [1.807, 2.05) is 25.3 Å². The second kappa shape index (κ2) is 2.83. The van der Waals surface area contributed by atoms with Gasteiger partial charge >= 0.3 is 5.97 Å². The summed E-state index contributed by atoms with van der Waals surface area (Å²) in [5, 5.41) is 11.2. The van der Waals surface area contributed by atoms with E-state index in [1.54, 1.807) is 0 Å². The van der Waals surface area contributed by atoms with E-state index < -0.39 is 11.4 Å². The molecular formula is C10H11BrO2S. The van der Waals surface area contributed by atoms with Crippen molar-refractivity contribution in [3.05, 3.63) is 20.8 Å². The fourth-order valence-electron chi connectivity index (χ4n) is 2.05. The highest BCUT2D eigenvalue weighted by molar-refractivity contribution is 9.10. The van der Waals surface area contributed by atoms with Crippen molar-refractivity contribution < 1.29 is 9.90 Å². The maximum Gasteiger partial charge on any atom is 0.315 e. The van der Waals surface area contributed by atoms with Crippen molar-refractivity contribution in [2.24, 2.45) is 5.41 Å². The van der Waals surface area contributed by atoms with Crippen LogP contribution in [0.3, 0.4) is 0 Å². The lowest BCUT2D eigenvalue weighted by atomic mass is 9.94. The molecule has 14 heavy (non-hydrogen) atoms. The van der Waals surface area contributed by atoms with Gasteiger partial charge in [-0.1, -0.05) is 13.8 Å². The number of carboxylic acid groups (broad SMARTS) is 1. The van der Waals surface area contributed by atoms with Gasteiger partial charge in [-0.3, -0.25) is 4.79 Å². The molecule has 0 bridgehead atoms. The molecule has 0 aliphatic heterocycles. The van der Waals surface area contributed by atoms with Crippen LogP contribution in [0.2, 0.25) is 0 Å². The molecule has 4 heteroatoms. The topological polar surface area (TPSA) is 37.3 Å². The minimum absolute atomic E-state index is 0.108. The molecule has 1 aromatic heterocycles. The van der Waals surface area contributed by atoms with E-state index in [2.05, 4.69) is 15.9 Å². The van der Waals surface area contributed by atoms with Crippen molar-refractivity contribution in [3.8, 4) is 0 Å². The standard InChI is InChI=1S/C10H11BrO2S/c1-9(2)5-10(9,8(12)13)7-3-6(11)4-14-7/h3-4H,5H2,1-2H3,(H,12,13). The van der Waals surface area contributed by atoms with E-state index >= 15 is 0 Å². The molecule has 1 atom stereocenters. The van der Waals surface area contributed by atoms with Gasteiger partial charge in [-0.05, 0) is 33.8 Å². The molecular weight excluding hydrogens is 264 g/mol. The number of thiophene rings is 1. The molecule has 76 valence electrons. The van der Waals surface area contributed by atoms with Gasteiger partial charge in [-0.15, -0.1) is 11.3 Å². The van der Waals surface area contributed by atoms with E-state index in [-0.39, 0.29) is 5.41 Å². The average Bonchev–Trinajstić information content (AvgIpc) is 2.44. The van der Waals surface area contributed by atoms with Crippen LogP contribution < -0.4 is 0 Å². The molecule has 2 rings (SSSR count). The Morgan fingerprint density at radius 1 is 1.64 bits per heavy atom. The van der Waals surface area contributed by atoms with Crippen molar-refractivity contribution in [3.63, 3.8) is 0 Å². The minimum atomic E-state index is -0.697.